The van der Waals surface area contributed by atoms with Gasteiger partial charge in [-0.05, 0) is 25.5 Å². The van der Waals surface area contributed by atoms with Crippen LogP contribution in [0.2, 0.25) is 0 Å². The highest BCUT2D eigenvalue weighted by Gasteiger charge is 2.01. The van der Waals surface area contributed by atoms with E-state index in [-0.39, 0.29) is 6.54 Å². The molecule has 0 bridgehead atoms. The maximum absolute atomic E-state index is 10.0. The molecule has 0 fully saturated rings. The first kappa shape index (κ1) is 7.85. The fourth-order valence-electron chi connectivity index (χ4n) is 1.03. The molecule has 1 rings (SSSR count). The fraction of sp³-hybridized carbons (Fsp3) is 0.375. The van der Waals surface area contributed by atoms with Crippen LogP contribution in [0.5, 0.6) is 0 Å². The molecule has 3 nitrogen and oxygen atoms in total. The van der Waals surface area contributed by atoms with Crippen molar-refractivity contribution in [3.05, 3.63) is 34.0 Å². The topological polar surface area (TPSA) is 42.3 Å². The molecule has 0 unspecified atom stereocenters. The predicted octanol–water partition coefficient (Wildman–Crippen LogP) is 1.96. The molecular formula is C8H10N2O. The van der Waals surface area contributed by atoms with E-state index < -0.39 is 0 Å². The lowest BCUT2D eigenvalue weighted by Crippen LogP contribution is -1.93. The smallest absolute Gasteiger partial charge is 0.108 e. The molecule has 3 heteroatoms. The van der Waals surface area contributed by atoms with Crippen molar-refractivity contribution in [2.24, 2.45) is 5.18 Å². The molecule has 0 amide bonds. The Morgan fingerprint density at radius 3 is 2.82 bits per heavy atom. The Hall–Kier alpha value is -1.25. The van der Waals surface area contributed by atoms with Gasteiger partial charge in [-0.1, -0.05) is 5.18 Å². The Labute approximate surface area is 65.4 Å². The monoisotopic (exact) mass is 150 g/mol. The molecular weight excluding hydrogens is 140 g/mol. The van der Waals surface area contributed by atoms with E-state index in [0.29, 0.717) is 0 Å². The minimum absolute atomic E-state index is 0.228. The van der Waals surface area contributed by atoms with Crippen molar-refractivity contribution in [2.45, 2.75) is 20.4 Å². The number of aromatic nitrogens is 1. The summed E-state index contributed by atoms with van der Waals surface area (Å²) in [7, 11) is 0. The lowest BCUT2D eigenvalue weighted by Gasteiger charge is -2.02. The number of nitrogens with zero attached hydrogens (tertiary/aromatic N) is 2. The van der Waals surface area contributed by atoms with E-state index in [4.69, 9.17) is 0 Å². The number of aryl methyl sites for hydroxylation is 2. The van der Waals surface area contributed by atoms with Crippen LogP contribution in [0.25, 0.3) is 0 Å². The van der Waals surface area contributed by atoms with Crippen molar-refractivity contribution in [2.75, 3.05) is 0 Å². The molecule has 0 saturated heterocycles. The fourth-order valence-corrected chi connectivity index (χ4v) is 1.03. The zero-order chi connectivity index (χ0) is 8.27. The van der Waals surface area contributed by atoms with Gasteiger partial charge in [0.2, 0.25) is 0 Å². The molecule has 1 aromatic heterocycles. The largest absolute Gasteiger partial charge is 0.261 e. The third-order valence-electron chi connectivity index (χ3n) is 1.73. The summed E-state index contributed by atoms with van der Waals surface area (Å²) in [6.07, 6.45) is 1.74. The minimum Gasteiger partial charge on any atom is -0.261 e. The summed E-state index contributed by atoms with van der Waals surface area (Å²) < 4.78 is 0. The van der Waals surface area contributed by atoms with Crippen molar-refractivity contribution in [1.29, 1.82) is 0 Å². The number of rotatable bonds is 2. The Morgan fingerprint density at radius 1 is 1.55 bits per heavy atom. The van der Waals surface area contributed by atoms with Gasteiger partial charge in [0, 0.05) is 17.5 Å². The van der Waals surface area contributed by atoms with Gasteiger partial charge in [0.25, 0.3) is 0 Å². The lowest BCUT2D eigenvalue weighted by molar-refractivity contribution is 0.978. The van der Waals surface area contributed by atoms with Crippen LogP contribution in [0.1, 0.15) is 16.8 Å². The lowest BCUT2D eigenvalue weighted by atomic mass is 10.1. The molecule has 1 aromatic rings. The molecule has 0 aliphatic heterocycles. The van der Waals surface area contributed by atoms with Gasteiger partial charge < -0.3 is 0 Å². The first-order valence-corrected chi connectivity index (χ1v) is 3.46. The van der Waals surface area contributed by atoms with E-state index in [2.05, 4.69) is 10.2 Å². The Kier molecular flexibility index (Phi) is 2.31. The maximum Gasteiger partial charge on any atom is 0.108 e. The van der Waals surface area contributed by atoms with Crippen LogP contribution in [0.4, 0.5) is 0 Å². The molecule has 0 spiro atoms. The van der Waals surface area contributed by atoms with Crippen LogP contribution in [0.3, 0.4) is 0 Å². The average molecular weight is 150 g/mol. The second kappa shape index (κ2) is 3.23. The third kappa shape index (κ3) is 1.61. The summed E-state index contributed by atoms with van der Waals surface area (Å²) in [5, 5.41) is 2.84. The molecule has 58 valence electrons. The number of nitroso groups, excluding NO2 is 1. The molecule has 0 atom stereocenters. The van der Waals surface area contributed by atoms with E-state index in [1.165, 1.54) is 0 Å². The molecule has 0 aromatic carbocycles. The molecule has 0 aliphatic carbocycles. The normalized spacial score (nSPS) is 9.64. The summed E-state index contributed by atoms with van der Waals surface area (Å²) in [6.45, 7) is 4.06. The van der Waals surface area contributed by atoms with Gasteiger partial charge in [-0.2, -0.15) is 4.91 Å². The Morgan fingerprint density at radius 2 is 2.27 bits per heavy atom. The Balaban J connectivity index is 3.09. The first-order chi connectivity index (χ1) is 5.25. The SMILES string of the molecule is Cc1ccnc(C)c1CN=O. The average Bonchev–Trinajstić information content (AvgIpc) is 1.97. The van der Waals surface area contributed by atoms with Gasteiger partial charge in [-0.25, -0.2) is 0 Å². The van der Waals surface area contributed by atoms with Crippen LogP contribution in [-0.4, -0.2) is 4.98 Å². The molecule has 0 aliphatic rings. The maximum atomic E-state index is 10.0. The zero-order valence-corrected chi connectivity index (χ0v) is 6.66. The summed E-state index contributed by atoms with van der Waals surface area (Å²) in [5.41, 5.74) is 2.92. The predicted molar refractivity (Wildman–Crippen MR) is 43.2 cm³/mol. The second-order valence-corrected chi connectivity index (χ2v) is 2.48. The molecule has 11 heavy (non-hydrogen) atoms. The van der Waals surface area contributed by atoms with E-state index in [0.717, 1.165) is 16.8 Å². The standard InChI is InChI=1S/C8H10N2O/c1-6-3-4-9-7(2)8(6)5-10-11/h3-4H,5H2,1-2H3. The van der Waals surface area contributed by atoms with Crippen molar-refractivity contribution in [1.82, 2.24) is 4.98 Å². The van der Waals surface area contributed by atoms with Gasteiger partial charge >= 0.3 is 0 Å². The minimum atomic E-state index is 0.228. The zero-order valence-electron chi connectivity index (χ0n) is 6.66. The van der Waals surface area contributed by atoms with E-state index >= 15 is 0 Å². The van der Waals surface area contributed by atoms with Crippen LogP contribution >= 0.6 is 0 Å². The van der Waals surface area contributed by atoms with Crippen molar-refractivity contribution in [3.8, 4) is 0 Å². The van der Waals surface area contributed by atoms with Gasteiger partial charge in [-0.15, -0.1) is 0 Å². The molecule has 1 heterocycles. The van der Waals surface area contributed by atoms with Gasteiger partial charge in [-0.3, -0.25) is 4.98 Å². The quantitative estimate of drug-likeness (QED) is 0.605. The summed E-state index contributed by atoms with van der Waals surface area (Å²) in [4.78, 5) is 14.1. The van der Waals surface area contributed by atoms with Gasteiger partial charge in [0.1, 0.15) is 6.54 Å². The number of hydrogen-bond acceptors (Lipinski definition) is 3. The second-order valence-electron chi connectivity index (χ2n) is 2.48. The highest BCUT2D eigenvalue weighted by atomic mass is 16.3. The van der Waals surface area contributed by atoms with Crippen molar-refractivity contribution < 1.29 is 0 Å². The van der Waals surface area contributed by atoms with Crippen molar-refractivity contribution >= 4 is 0 Å². The highest BCUT2D eigenvalue weighted by molar-refractivity contribution is 5.27. The van der Waals surface area contributed by atoms with E-state index in [1.807, 2.05) is 19.9 Å². The molecule has 0 N–H and O–H groups in total. The van der Waals surface area contributed by atoms with Crippen LogP contribution < -0.4 is 0 Å². The highest BCUT2D eigenvalue weighted by Crippen LogP contribution is 2.10. The van der Waals surface area contributed by atoms with Crippen LogP contribution in [0, 0.1) is 18.8 Å². The number of pyridine rings is 1. The van der Waals surface area contributed by atoms with Crippen LogP contribution in [-0.2, 0) is 6.54 Å². The van der Waals surface area contributed by atoms with Crippen LogP contribution in [0.15, 0.2) is 17.4 Å². The Bertz CT molecular complexity index is 251. The molecule has 0 radical (unpaired) electrons. The van der Waals surface area contributed by atoms with Crippen molar-refractivity contribution in [3.63, 3.8) is 0 Å². The van der Waals surface area contributed by atoms with E-state index in [9.17, 15) is 4.91 Å². The van der Waals surface area contributed by atoms with E-state index in [1.54, 1.807) is 6.20 Å². The summed E-state index contributed by atoms with van der Waals surface area (Å²) >= 11 is 0. The third-order valence-corrected chi connectivity index (χ3v) is 1.73. The number of hydrogen-bond donors (Lipinski definition) is 0. The van der Waals surface area contributed by atoms with Gasteiger partial charge in [0.15, 0.2) is 0 Å². The summed E-state index contributed by atoms with van der Waals surface area (Å²) in [5.74, 6) is 0. The molecule has 0 saturated carbocycles. The van der Waals surface area contributed by atoms with Gasteiger partial charge in [0.05, 0.1) is 0 Å². The first-order valence-electron chi connectivity index (χ1n) is 3.46. The summed E-state index contributed by atoms with van der Waals surface area (Å²) in [6, 6.07) is 1.88.